The lowest BCUT2D eigenvalue weighted by Gasteiger charge is -2.30. The lowest BCUT2D eigenvalue weighted by molar-refractivity contribution is -0.0442. The molecule has 1 N–H and O–H groups in total. The number of ether oxygens (including phenoxy) is 1. The van der Waals surface area contributed by atoms with Crippen LogP contribution in [0.4, 0.5) is 13.2 Å². The van der Waals surface area contributed by atoms with E-state index in [-0.39, 0.29) is 12.5 Å². The third-order valence-electron chi connectivity index (χ3n) is 3.22. The van der Waals surface area contributed by atoms with Crippen LogP contribution in [0.2, 0.25) is 0 Å². The Bertz CT molecular complexity index is 561. The highest BCUT2D eigenvalue weighted by Gasteiger charge is 2.49. The maximum atomic E-state index is 12.4. The smallest absolute Gasteiger partial charge is 0.385 e. The molecule has 0 amide bonds. The van der Waals surface area contributed by atoms with Crippen molar-refractivity contribution in [1.29, 1.82) is 0 Å². The molecule has 0 spiro atoms. The molecule has 12 heteroatoms. The zero-order valence-corrected chi connectivity index (χ0v) is 15.1. The maximum Gasteiger partial charge on any atom is 0.512 e. The van der Waals surface area contributed by atoms with E-state index in [0.717, 1.165) is 8.43 Å². The molecule has 7 nitrogen and oxygen atoms in total. The summed E-state index contributed by atoms with van der Waals surface area (Å²) in [5.74, 6) is -0.220. The van der Waals surface area contributed by atoms with Gasteiger partial charge < -0.3 is 4.74 Å². The predicted octanol–water partition coefficient (Wildman–Crippen LogP) is 1.44. The summed E-state index contributed by atoms with van der Waals surface area (Å²) in [5.41, 5.74) is -5.71. The number of hydrogen-bond donors (Lipinski definition) is 1. The van der Waals surface area contributed by atoms with E-state index in [0.29, 0.717) is 19.4 Å². The molecule has 0 aliphatic rings. The normalized spacial score (nSPS) is 15.3. The molecular formula is C11H23F3N2O5S2. The van der Waals surface area contributed by atoms with E-state index >= 15 is 0 Å². The van der Waals surface area contributed by atoms with Crippen LogP contribution in [0.1, 0.15) is 33.6 Å². The monoisotopic (exact) mass is 384 g/mol. The van der Waals surface area contributed by atoms with E-state index in [4.69, 9.17) is 4.74 Å². The lowest BCUT2D eigenvalue weighted by Crippen LogP contribution is -2.51. The second-order valence-electron chi connectivity index (χ2n) is 5.33. The minimum atomic E-state index is -6.00. The molecule has 23 heavy (non-hydrogen) atoms. The fourth-order valence-electron chi connectivity index (χ4n) is 1.62. The molecular weight excluding hydrogens is 361 g/mol. The summed E-state index contributed by atoms with van der Waals surface area (Å²) in [5, 5.41) is 0. The van der Waals surface area contributed by atoms with E-state index in [2.05, 4.69) is 0 Å². The van der Waals surface area contributed by atoms with Crippen LogP contribution in [-0.2, 0) is 25.0 Å². The molecule has 0 aromatic rings. The number of halogens is 3. The van der Waals surface area contributed by atoms with Crippen LogP contribution in [-0.4, -0.2) is 53.0 Å². The summed E-state index contributed by atoms with van der Waals surface area (Å²) in [6, 6.07) is -0.682. The van der Waals surface area contributed by atoms with Gasteiger partial charge in [0.15, 0.2) is 0 Å². The molecule has 0 bridgehead atoms. The average Bonchev–Trinajstić information content (AvgIpc) is 2.34. The van der Waals surface area contributed by atoms with Gasteiger partial charge >= 0.3 is 15.5 Å². The van der Waals surface area contributed by atoms with Gasteiger partial charge in [-0.1, -0.05) is 18.0 Å². The molecule has 0 aromatic carbocycles. The highest BCUT2D eigenvalue weighted by Crippen LogP contribution is 2.24. The molecule has 140 valence electrons. The second kappa shape index (κ2) is 8.60. The molecule has 0 rings (SSSR count). The van der Waals surface area contributed by atoms with Crippen LogP contribution in [0.3, 0.4) is 0 Å². The van der Waals surface area contributed by atoms with Crippen molar-refractivity contribution in [3.8, 4) is 0 Å². The zero-order valence-electron chi connectivity index (χ0n) is 13.4. The molecule has 1 atom stereocenters. The number of sulfonamides is 1. The van der Waals surface area contributed by atoms with Gasteiger partial charge in [0.05, 0.1) is 0 Å². The van der Waals surface area contributed by atoms with Crippen molar-refractivity contribution in [2.24, 2.45) is 5.92 Å². The first kappa shape index (κ1) is 22.6. The topological polar surface area (TPSA) is 92.8 Å². The van der Waals surface area contributed by atoms with Gasteiger partial charge in [0.2, 0.25) is 0 Å². The Kier molecular flexibility index (Phi) is 8.44. The predicted molar refractivity (Wildman–Crippen MR) is 79.1 cm³/mol. The number of methoxy groups -OCH3 is 1. The number of unbranched alkanes of at least 4 members (excludes halogenated alkanes) is 1. The molecule has 0 fully saturated rings. The third kappa shape index (κ3) is 6.91. The van der Waals surface area contributed by atoms with E-state index in [9.17, 15) is 30.0 Å². The number of nitrogens with one attached hydrogen (secondary N) is 1. The largest absolute Gasteiger partial charge is 0.512 e. The van der Waals surface area contributed by atoms with Crippen LogP contribution >= 0.6 is 0 Å². The first-order chi connectivity index (χ1) is 10.3. The Morgan fingerprint density at radius 2 is 1.61 bits per heavy atom. The van der Waals surface area contributed by atoms with Gasteiger partial charge in [0.25, 0.3) is 10.2 Å². The Hall–Kier alpha value is -0.430. The van der Waals surface area contributed by atoms with Crippen molar-refractivity contribution >= 4 is 20.2 Å². The van der Waals surface area contributed by atoms with Crippen LogP contribution in [0.5, 0.6) is 0 Å². The molecule has 0 radical (unpaired) electrons. The summed E-state index contributed by atoms with van der Waals surface area (Å²) in [6.45, 7) is 5.10. The van der Waals surface area contributed by atoms with Gasteiger partial charge in [-0.25, -0.2) is 8.42 Å². The fraction of sp³-hybridized carbons (Fsp3) is 1.00. The van der Waals surface area contributed by atoms with Crippen molar-refractivity contribution in [3.63, 3.8) is 0 Å². The standard InChI is InChI=1S/C11H23F3N2O5S2/c1-9(2)10(3)16(7-5-6-8-21-4)23(19,20)15-22(17,18)11(12,13)14/h9-10,15H,5-8H2,1-4H3/t10-/m1/s1. The summed E-state index contributed by atoms with van der Waals surface area (Å²) >= 11 is 0. The molecule has 0 aliphatic heterocycles. The van der Waals surface area contributed by atoms with Crippen molar-refractivity contribution in [1.82, 2.24) is 8.43 Å². The maximum absolute atomic E-state index is 12.4. The Morgan fingerprint density at radius 1 is 1.09 bits per heavy atom. The van der Waals surface area contributed by atoms with Crippen LogP contribution < -0.4 is 4.13 Å². The van der Waals surface area contributed by atoms with Crippen molar-refractivity contribution in [2.45, 2.75) is 45.2 Å². The molecule has 0 aromatic heterocycles. The highest BCUT2D eigenvalue weighted by atomic mass is 32.3. The zero-order chi connectivity index (χ0) is 18.5. The molecule has 0 saturated carbocycles. The average molecular weight is 384 g/mol. The van der Waals surface area contributed by atoms with Crippen molar-refractivity contribution in [3.05, 3.63) is 0 Å². The van der Waals surface area contributed by atoms with Crippen molar-refractivity contribution in [2.75, 3.05) is 20.3 Å². The first-order valence-electron chi connectivity index (χ1n) is 6.87. The second-order valence-corrected chi connectivity index (χ2v) is 8.89. The molecule has 0 heterocycles. The third-order valence-corrected chi connectivity index (χ3v) is 6.69. The number of rotatable bonds is 10. The van der Waals surface area contributed by atoms with Crippen LogP contribution in [0.25, 0.3) is 0 Å². The van der Waals surface area contributed by atoms with E-state index in [1.807, 2.05) is 0 Å². The molecule has 0 unspecified atom stereocenters. The first-order valence-corrected chi connectivity index (χ1v) is 9.79. The summed E-state index contributed by atoms with van der Waals surface area (Å²) in [4.78, 5) is 0. The minimum absolute atomic E-state index is 0.120. The summed E-state index contributed by atoms with van der Waals surface area (Å²) in [7, 11) is -9.40. The van der Waals surface area contributed by atoms with Gasteiger partial charge in [-0.2, -0.15) is 25.9 Å². The number of hydrogen-bond acceptors (Lipinski definition) is 5. The summed E-state index contributed by atoms with van der Waals surface area (Å²) < 4.78 is 89.9. The van der Waals surface area contributed by atoms with Gasteiger partial charge in [-0.05, 0) is 25.7 Å². The summed E-state index contributed by atoms with van der Waals surface area (Å²) in [6.07, 6.45) is 0.803. The van der Waals surface area contributed by atoms with Crippen molar-refractivity contribution < 1.29 is 34.7 Å². The molecule has 0 aliphatic carbocycles. The van der Waals surface area contributed by atoms with Gasteiger partial charge in [-0.3, -0.25) is 0 Å². The Balaban J connectivity index is 5.35. The number of nitrogens with zero attached hydrogens (tertiary/aromatic N) is 1. The van der Waals surface area contributed by atoms with E-state index in [1.165, 1.54) is 14.0 Å². The highest BCUT2D eigenvalue weighted by molar-refractivity contribution is 8.04. The Morgan fingerprint density at radius 3 is 2.00 bits per heavy atom. The van der Waals surface area contributed by atoms with Crippen LogP contribution in [0.15, 0.2) is 0 Å². The SMILES string of the molecule is COCCCCN([C@H](C)C(C)C)S(=O)(=O)NS(=O)(=O)C(F)(F)F. The number of alkyl halides is 3. The van der Waals surface area contributed by atoms with Gasteiger partial charge in [0.1, 0.15) is 0 Å². The fourth-order valence-corrected chi connectivity index (χ4v) is 4.54. The minimum Gasteiger partial charge on any atom is -0.385 e. The van der Waals surface area contributed by atoms with E-state index < -0.39 is 31.8 Å². The van der Waals surface area contributed by atoms with Crippen LogP contribution in [0, 0.1) is 5.92 Å². The quantitative estimate of drug-likeness (QED) is 0.576. The van der Waals surface area contributed by atoms with Gasteiger partial charge in [0, 0.05) is 26.3 Å². The Labute approximate surface area is 135 Å². The van der Waals surface area contributed by atoms with E-state index in [1.54, 1.807) is 13.8 Å². The van der Waals surface area contributed by atoms with Gasteiger partial charge in [-0.15, -0.1) is 0 Å². The lowest BCUT2D eigenvalue weighted by atomic mass is 10.1. The molecule has 0 saturated heterocycles.